The van der Waals surface area contributed by atoms with Gasteiger partial charge in [-0.3, -0.25) is 4.90 Å². The summed E-state index contributed by atoms with van der Waals surface area (Å²) in [6.45, 7) is 10.7. The number of methoxy groups -OCH3 is 1. The zero-order valence-corrected chi connectivity index (χ0v) is 20.7. The minimum Gasteiger partial charge on any atom is -0.465 e. The molecule has 3 heterocycles. The van der Waals surface area contributed by atoms with Crippen LogP contribution >= 0.6 is 0 Å². The zero-order valence-electron chi connectivity index (χ0n) is 20.7. The van der Waals surface area contributed by atoms with Crippen LogP contribution in [0.25, 0.3) is 11.0 Å². The van der Waals surface area contributed by atoms with Crippen molar-refractivity contribution in [3.8, 4) is 0 Å². The Labute approximate surface area is 201 Å². The largest absolute Gasteiger partial charge is 0.465 e. The summed E-state index contributed by atoms with van der Waals surface area (Å²) in [4.78, 5) is 21.1. The molecule has 4 rings (SSSR count). The van der Waals surface area contributed by atoms with Gasteiger partial charge in [0.1, 0.15) is 11.3 Å². The number of piperazine rings is 1. The number of esters is 1. The number of benzene rings is 1. The Balaban J connectivity index is 1.51. The molecule has 0 spiro atoms. The van der Waals surface area contributed by atoms with E-state index in [1.54, 1.807) is 12.1 Å². The fourth-order valence-electron chi connectivity index (χ4n) is 4.84. The second-order valence-electron chi connectivity index (χ2n) is 9.28. The quantitative estimate of drug-likeness (QED) is 0.445. The first-order chi connectivity index (χ1) is 16.4. The van der Waals surface area contributed by atoms with Gasteiger partial charge in [-0.1, -0.05) is 26.0 Å². The van der Waals surface area contributed by atoms with Crippen molar-refractivity contribution in [2.45, 2.75) is 45.8 Å². The number of halogens is 1. The van der Waals surface area contributed by atoms with Crippen molar-refractivity contribution in [2.75, 3.05) is 44.7 Å². The minimum atomic E-state index is -1.09. The Morgan fingerprint density at radius 3 is 2.38 bits per heavy atom. The molecule has 3 aromatic rings. The lowest BCUT2D eigenvalue weighted by molar-refractivity contribution is 0.0600. The maximum Gasteiger partial charge on any atom is 0.337 e. The van der Waals surface area contributed by atoms with Gasteiger partial charge < -0.3 is 14.2 Å². The van der Waals surface area contributed by atoms with Crippen LogP contribution in [0, 0.1) is 6.92 Å². The number of fused-ring (bicyclic) bond motifs is 1. The molecule has 0 bridgehead atoms. The lowest BCUT2D eigenvalue weighted by Crippen LogP contribution is -2.50. The number of hydrogen-bond acceptors (Lipinski definition) is 5. The van der Waals surface area contributed by atoms with Crippen LogP contribution in [0.1, 0.15) is 48.2 Å². The lowest BCUT2D eigenvalue weighted by atomic mass is 9.98. The normalized spacial score (nSPS) is 15.1. The molecule has 182 valence electrons. The van der Waals surface area contributed by atoms with Gasteiger partial charge in [-0.25, -0.2) is 14.2 Å². The first-order valence-corrected chi connectivity index (χ1v) is 12.2. The molecule has 6 nitrogen and oxygen atoms in total. The topological polar surface area (TPSA) is 50.6 Å². The average Bonchev–Trinajstić information content (AvgIpc) is 3.27. The molecule has 1 saturated heterocycles. The smallest absolute Gasteiger partial charge is 0.337 e. The van der Waals surface area contributed by atoms with E-state index in [2.05, 4.69) is 33.6 Å². The van der Waals surface area contributed by atoms with Crippen molar-refractivity contribution < 1.29 is 13.9 Å². The van der Waals surface area contributed by atoms with E-state index < -0.39 is 5.67 Å². The number of aromatic nitrogens is 2. The second-order valence-corrected chi connectivity index (χ2v) is 9.28. The number of pyridine rings is 1. The third-order valence-corrected chi connectivity index (χ3v) is 7.13. The van der Waals surface area contributed by atoms with Gasteiger partial charge in [-0.15, -0.1) is 0 Å². The SMILES string of the molecule is CCC(F)(CC)CN1CCN(c2c(C)cnc3c2ccn3Cc2ccc(C(=O)OC)cc2)CC1. The van der Waals surface area contributed by atoms with Gasteiger partial charge in [0.15, 0.2) is 0 Å². The highest BCUT2D eigenvalue weighted by atomic mass is 19.1. The monoisotopic (exact) mass is 466 g/mol. The minimum absolute atomic E-state index is 0.332. The van der Waals surface area contributed by atoms with E-state index in [9.17, 15) is 9.18 Å². The summed E-state index contributed by atoms with van der Waals surface area (Å²) in [7, 11) is 1.39. The molecule has 1 aliphatic rings. The fraction of sp³-hybridized carbons (Fsp3) is 0.481. The van der Waals surface area contributed by atoms with Gasteiger partial charge in [0.2, 0.25) is 0 Å². The predicted molar refractivity (Wildman–Crippen MR) is 134 cm³/mol. The van der Waals surface area contributed by atoms with Gasteiger partial charge >= 0.3 is 5.97 Å². The molecule has 0 unspecified atom stereocenters. The number of aryl methyl sites for hydroxylation is 1. The highest BCUT2D eigenvalue weighted by Crippen LogP contribution is 2.32. The van der Waals surface area contributed by atoms with Crippen molar-refractivity contribution in [2.24, 2.45) is 0 Å². The Bertz CT molecular complexity index is 1130. The number of carbonyl (C=O) groups excluding carboxylic acids is 1. The standard InChI is InChI=1S/C27H35FN4O2/c1-5-27(28,6-2)19-30-13-15-31(16-14-30)24-20(3)17-29-25-23(24)11-12-32(25)18-21-7-9-22(10-8-21)26(33)34-4/h7-12,17H,5-6,13-16,18-19H2,1-4H3. The van der Waals surface area contributed by atoms with Crippen LogP contribution in [0.15, 0.2) is 42.7 Å². The van der Waals surface area contributed by atoms with E-state index in [-0.39, 0.29) is 5.97 Å². The summed E-state index contributed by atoms with van der Waals surface area (Å²) >= 11 is 0. The molecule has 0 amide bonds. The highest BCUT2D eigenvalue weighted by molar-refractivity contribution is 5.92. The Morgan fingerprint density at radius 2 is 1.76 bits per heavy atom. The van der Waals surface area contributed by atoms with Gasteiger partial charge in [-0.2, -0.15) is 0 Å². The number of carbonyl (C=O) groups is 1. The predicted octanol–water partition coefficient (Wildman–Crippen LogP) is 4.83. The molecule has 1 fully saturated rings. The molecular formula is C27H35FN4O2. The Morgan fingerprint density at radius 1 is 1.09 bits per heavy atom. The first kappa shape index (κ1) is 24.2. The maximum atomic E-state index is 14.9. The van der Waals surface area contributed by atoms with Crippen molar-refractivity contribution in [1.29, 1.82) is 0 Å². The summed E-state index contributed by atoms with van der Waals surface area (Å²) in [6.07, 6.45) is 5.14. The van der Waals surface area contributed by atoms with Crippen LogP contribution in [0.2, 0.25) is 0 Å². The van der Waals surface area contributed by atoms with Crippen LogP contribution in [0.5, 0.6) is 0 Å². The highest BCUT2D eigenvalue weighted by Gasteiger charge is 2.30. The van der Waals surface area contributed by atoms with E-state index in [4.69, 9.17) is 9.72 Å². The zero-order chi connectivity index (χ0) is 24.3. The molecular weight excluding hydrogens is 431 g/mol. The number of anilines is 1. The first-order valence-electron chi connectivity index (χ1n) is 12.2. The molecule has 0 N–H and O–H groups in total. The molecule has 1 aromatic carbocycles. The fourth-order valence-corrected chi connectivity index (χ4v) is 4.84. The molecule has 0 saturated carbocycles. The molecule has 0 radical (unpaired) electrons. The van der Waals surface area contributed by atoms with Gasteiger partial charge in [0.25, 0.3) is 0 Å². The van der Waals surface area contributed by atoms with E-state index in [0.717, 1.165) is 48.3 Å². The van der Waals surface area contributed by atoms with Crippen molar-refractivity contribution in [3.63, 3.8) is 0 Å². The van der Waals surface area contributed by atoms with E-state index in [0.29, 0.717) is 31.5 Å². The van der Waals surface area contributed by atoms with E-state index in [1.165, 1.54) is 12.8 Å². The van der Waals surface area contributed by atoms with Crippen molar-refractivity contribution in [3.05, 3.63) is 59.4 Å². The summed E-state index contributed by atoms with van der Waals surface area (Å²) in [5.74, 6) is -0.332. The van der Waals surface area contributed by atoms with Gasteiger partial charge in [-0.05, 0) is 49.1 Å². The summed E-state index contributed by atoms with van der Waals surface area (Å²) in [5, 5.41) is 1.14. The molecule has 0 aliphatic carbocycles. The number of rotatable bonds is 8. The molecule has 1 aliphatic heterocycles. The van der Waals surface area contributed by atoms with E-state index in [1.807, 2.05) is 32.2 Å². The second kappa shape index (κ2) is 10.1. The molecule has 2 aromatic heterocycles. The van der Waals surface area contributed by atoms with Crippen LogP contribution in [-0.2, 0) is 11.3 Å². The molecule has 0 atom stereocenters. The summed E-state index contributed by atoms with van der Waals surface area (Å²) in [5.41, 5.74) is 3.87. The lowest BCUT2D eigenvalue weighted by Gasteiger charge is -2.39. The summed E-state index contributed by atoms with van der Waals surface area (Å²) in [6, 6.07) is 9.62. The Kier molecular flexibility index (Phi) is 7.22. The average molecular weight is 467 g/mol. The Hall–Kier alpha value is -2.93. The van der Waals surface area contributed by atoms with Crippen LogP contribution in [0.4, 0.5) is 10.1 Å². The number of ether oxygens (including phenoxy) is 1. The van der Waals surface area contributed by atoms with Crippen molar-refractivity contribution in [1.82, 2.24) is 14.5 Å². The number of nitrogens with zero attached hydrogens (tertiary/aromatic N) is 4. The third kappa shape index (κ3) is 4.94. The van der Waals surface area contributed by atoms with Crippen LogP contribution < -0.4 is 4.90 Å². The van der Waals surface area contributed by atoms with Crippen molar-refractivity contribution >= 4 is 22.7 Å². The molecule has 7 heteroatoms. The van der Waals surface area contributed by atoms with Crippen LogP contribution in [-0.4, -0.2) is 65.9 Å². The number of hydrogen-bond donors (Lipinski definition) is 0. The number of alkyl halides is 1. The maximum absolute atomic E-state index is 14.9. The molecule has 34 heavy (non-hydrogen) atoms. The van der Waals surface area contributed by atoms with Gasteiger partial charge in [0.05, 0.1) is 18.4 Å². The third-order valence-electron chi connectivity index (χ3n) is 7.13. The van der Waals surface area contributed by atoms with E-state index >= 15 is 0 Å². The summed E-state index contributed by atoms with van der Waals surface area (Å²) < 4.78 is 21.8. The van der Waals surface area contributed by atoms with Crippen LogP contribution in [0.3, 0.4) is 0 Å². The van der Waals surface area contributed by atoms with Gasteiger partial charge in [0, 0.05) is 57.0 Å².